The van der Waals surface area contributed by atoms with E-state index < -0.39 is 0 Å². The van der Waals surface area contributed by atoms with Crippen LogP contribution in [-0.4, -0.2) is 11.8 Å². The van der Waals surface area contributed by atoms with E-state index in [2.05, 4.69) is 41.0 Å². The van der Waals surface area contributed by atoms with Crippen LogP contribution in [0.2, 0.25) is 10.0 Å². The largest absolute Gasteiger partial charge is 0.374 e. The van der Waals surface area contributed by atoms with Gasteiger partial charge in [0, 0.05) is 10.6 Å². The van der Waals surface area contributed by atoms with Crippen molar-refractivity contribution < 1.29 is 0 Å². The number of rotatable bonds is 1. The SMILES string of the molecule is Clc1ccc(Cl)c(N=C2c3ccccc3[C@H]3Nc4ccccc4N[C@H]23)c1. The van der Waals surface area contributed by atoms with Crippen molar-refractivity contribution in [2.45, 2.75) is 12.1 Å². The molecule has 5 rings (SSSR count). The highest BCUT2D eigenvalue weighted by Crippen LogP contribution is 2.43. The molecule has 0 saturated carbocycles. The molecule has 3 nitrogen and oxygen atoms in total. The van der Waals surface area contributed by atoms with Crippen molar-refractivity contribution in [1.29, 1.82) is 0 Å². The molecular weight excluding hydrogens is 365 g/mol. The number of nitrogens with one attached hydrogen (secondary N) is 2. The number of aliphatic imine (C=N–C) groups is 1. The molecule has 3 aromatic carbocycles. The summed E-state index contributed by atoms with van der Waals surface area (Å²) in [6, 6.07) is 22.1. The molecule has 1 aliphatic carbocycles. The van der Waals surface area contributed by atoms with Gasteiger partial charge in [-0.2, -0.15) is 0 Å². The molecule has 2 N–H and O–H groups in total. The Kier molecular flexibility index (Phi) is 3.66. The summed E-state index contributed by atoms with van der Waals surface area (Å²) in [7, 11) is 0. The quantitative estimate of drug-likeness (QED) is 0.537. The second-order valence-electron chi connectivity index (χ2n) is 6.47. The molecule has 3 aromatic rings. The third kappa shape index (κ3) is 2.47. The van der Waals surface area contributed by atoms with Gasteiger partial charge in [-0.1, -0.05) is 59.6 Å². The van der Waals surface area contributed by atoms with Gasteiger partial charge in [-0.3, -0.25) is 0 Å². The van der Waals surface area contributed by atoms with E-state index in [1.54, 1.807) is 18.2 Å². The van der Waals surface area contributed by atoms with Crippen molar-refractivity contribution in [3.8, 4) is 0 Å². The van der Waals surface area contributed by atoms with Crippen LogP contribution in [0.1, 0.15) is 17.2 Å². The molecule has 5 heteroatoms. The van der Waals surface area contributed by atoms with Crippen molar-refractivity contribution in [2.75, 3.05) is 10.6 Å². The van der Waals surface area contributed by atoms with E-state index in [4.69, 9.17) is 28.2 Å². The van der Waals surface area contributed by atoms with Crippen molar-refractivity contribution >= 4 is 46.0 Å². The first kappa shape index (κ1) is 15.7. The first-order valence-corrected chi connectivity index (χ1v) is 9.21. The molecule has 0 spiro atoms. The lowest BCUT2D eigenvalue weighted by atomic mass is 10.0. The first-order chi connectivity index (χ1) is 12.7. The van der Waals surface area contributed by atoms with Crippen LogP contribution in [0.15, 0.2) is 71.7 Å². The highest BCUT2D eigenvalue weighted by molar-refractivity contribution is 6.35. The smallest absolute Gasteiger partial charge is 0.0937 e. The summed E-state index contributed by atoms with van der Waals surface area (Å²) in [6.45, 7) is 0. The maximum atomic E-state index is 6.36. The molecule has 1 heterocycles. The number of para-hydroxylation sites is 2. The van der Waals surface area contributed by atoms with Gasteiger partial charge in [0.2, 0.25) is 0 Å². The molecule has 0 bridgehead atoms. The maximum absolute atomic E-state index is 6.36. The number of anilines is 2. The molecule has 0 unspecified atom stereocenters. The van der Waals surface area contributed by atoms with E-state index in [1.165, 1.54) is 5.56 Å². The van der Waals surface area contributed by atoms with E-state index in [9.17, 15) is 0 Å². The summed E-state index contributed by atoms with van der Waals surface area (Å²) < 4.78 is 0. The minimum atomic E-state index is 0.0253. The average Bonchev–Trinajstić information content (AvgIpc) is 2.96. The highest BCUT2D eigenvalue weighted by atomic mass is 35.5. The maximum Gasteiger partial charge on any atom is 0.0937 e. The van der Waals surface area contributed by atoms with Gasteiger partial charge in [0.1, 0.15) is 0 Å². The van der Waals surface area contributed by atoms with Crippen molar-refractivity contribution in [3.05, 3.63) is 87.9 Å². The Morgan fingerprint density at radius 2 is 1.46 bits per heavy atom. The fourth-order valence-electron chi connectivity index (χ4n) is 3.72. The minimum Gasteiger partial charge on any atom is -0.374 e. The molecule has 0 amide bonds. The molecule has 0 radical (unpaired) electrons. The zero-order valence-corrected chi connectivity index (χ0v) is 15.2. The number of fused-ring (bicyclic) bond motifs is 4. The predicted octanol–water partition coefficient (Wildman–Crippen LogP) is 6.08. The summed E-state index contributed by atoms with van der Waals surface area (Å²) in [6.07, 6.45) is 0. The number of nitrogens with zero attached hydrogens (tertiary/aromatic N) is 1. The van der Waals surface area contributed by atoms with E-state index in [0.29, 0.717) is 15.7 Å². The van der Waals surface area contributed by atoms with Gasteiger partial charge >= 0.3 is 0 Å². The molecular formula is C21H15Cl2N3. The van der Waals surface area contributed by atoms with Crippen LogP contribution in [0.25, 0.3) is 0 Å². The lowest BCUT2D eigenvalue weighted by Gasteiger charge is -2.32. The second-order valence-corrected chi connectivity index (χ2v) is 7.31. The molecule has 2 aliphatic rings. The Bertz CT molecular complexity index is 1040. The molecule has 26 heavy (non-hydrogen) atoms. The molecule has 2 atom stereocenters. The van der Waals surface area contributed by atoms with Crippen LogP contribution in [0.4, 0.5) is 17.1 Å². The van der Waals surface area contributed by atoms with Gasteiger partial charge in [-0.15, -0.1) is 0 Å². The Labute approximate surface area is 161 Å². The van der Waals surface area contributed by atoms with Crippen LogP contribution in [-0.2, 0) is 0 Å². The van der Waals surface area contributed by atoms with Crippen molar-refractivity contribution in [2.24, 2.45) is 4.99 Å². The topological polar surface area (TPSA) is 36.4 Å². The normalized spacial score (nSPS) is 21.4. The van der Waals surface area contributed by atoms with Crippen LogP contribution >= 0.6 is 23.2 Å². The number of benzene rings is 3. The molecule has 128 valence electrons. The van der Waals surface area contributed by atoms with Crippen LogP contribution < -0.4 is 10.6 Å². The highest BCUT2D eigenvalue weighted by Gasteiger charge is 2.40. The monoisotopic (exact) mass is 379 g/mol. The zero-order valence-electron chi connectivity index (χ0n) is 13.7. The molecule has 1 aliphatic heterocycles. The van der Waals surface area contributed by atoms with Gasteiger partial charge in [0.15, 0.2) is 0 Å². The Morgan fingerprint density at radius 1 is 0.769 bits per heavy atom. The lowest BCUT2D eigenvalue weighted by molar-refractivity contribution is 0.754. The number of hydrogen-bond acceptors (Lipinski definition) is 3. The van der Waals surface area contributed by atoms with Crippen LogP contribution in [0, 0.1) is 0 Å². The first-order valence-electron chi connectivity index (χ1n) is 8.46. The average molecular weight is 380 g/mol. The summed E-state index contributed by atoms with van der Waals surface area (Å²) in [4.78, 5) is 4.91. The van der Waals surface area contributed by atoms with E-state index in [1.807, 2.05) is 18.2 Å². The van der Waals surface area contributed by atoms with Crippen molar-refractivity contribution in [1.82, 2.24) is 0 Å². The van der Waals surface area contributed by atoms with E-state index >= 15 is 0 Å². The van der Waals surface area contributed by atoms with Gasteiger partial charge in [-0.25, -0.2) is 4.99 Å². The molecule has 0 fully saturated rings. The second kappa shape index (κ2) is 6.04. The fourth-order valence-corrected chi connectivity index (χ4v) is 4.05. The van der Waals surface area contributed by atoms with Gasteiger partial charge in [0.25, 0.3) is 0 Å². The zero-order chi connectivity index (χ0) is 17.7. The Balaban J connectivity index is 1.67. The Morgan fingerprint density at radius 3 is 2.27 bits per heavy atom. The third-order valence-corrected chi connectivity index (χ3v) is 5.45. The standard InChI is InChI=1S/C21H15Cl2N3/c22-12-9-10-15(23)18(11-12)26-20-14-6-2-1-5-13(14)19-21(20)25-17-8-4-3-7-16(17)24-19/h1-11,19,21,24-25H/t19-,21+/m1/s1. The molecule has 0 saturated heterocycles. The summed E-state index contributed by atoms with van der Waals surface area (Å²) in [5, 5.41) is 8.51. The van der Waals surface area contributed by atoms with E-state index in [-0.39, 0.29) is 12.1 Å². The predicted molar refractivity (Wildman–Crippen MR) is 109 cm³/mol. The Hall–Kier alpha value is -2.49. The van der Waals surface area contributed by atoms with Crippen LogP contribution in [0.3, 0.4) is 0 Å². The van der Waals surface area contributed by atoms with Gasteiger partial charge < -0.3 is 10.6 Å². The summed E-state index contributed by atoms with van der Waals surface area (Å²) in [5.41, 5.74) is 6.20. The lowest BCUT2D eigenvalue weighted by Crippen LogP contribution is -2.37. The molecule has 0 aromatic heterocycles. The minimum absolute atomic E-state index is 0.0253. The van der Waals surface area contributed by atoms with E-state index in [0.717, 1.165) is 22.6 Å². The van der Waals surface area contributed by atoms with Crippen LogP contribution in [0.5, 0.6) is 0 Å². The third-order valence-electron chi connectivity index (χ3n) is 4.90. The summed E-state index contributed by atoms with van der Waals surface area (Å²) >= 11 is 12.5. The number of hydrogen-bond donors (Lipinski definition) is 2. The fraction of sp³-hybridized carbons (Fsp3) is 0.0952. The van der Waals surface area contributed by atoms with Gasteiger partial charge in [0.05, 0.1) is 39.9 Å². The van der Waals surface area contributed by atoms with Crippen molar-refractivity contribution in [3.63, 3.8) is 0 Å². The van der Waals surface area contributed by atoms with Gasteiger partial charge in [-0.05, 0) is 35.9 Å². The summed E-state index contributed by atoms with van der Waals surface area (Å²) in [5.74, 6) is 0. The number of halogens is 2.